The van der Waals surface area contributed by atoms with Gasteiger partial charge in [0.05, 0.1) is 5.56 Å². The molecule has 0 fully saturated rings. The molecule has 0 aliphatic carbocycles. The number of fused-ring (bicyclic) bond motifs is 4. The van der Waals surface area contributed by atoms with Gasteiger partial charge in [-0.15, -0.1) is 0 Å². The van der Waals surface area contributed by atoms with Crippen LogP contribution >= 0.6 is 0 Å². The van der Waals surface area contributed by atoms with Crippen LogP contribution in [0.2, 0.25) is 0 Å². The summed E-state index contributed by atoms with van der Waals surface area (Å²) in [5, 5.41) is 1.59. The molecule has 3 aliphatic rings. The Labute approximate surface area is 153 Å². The summed E-state index contributed by atoms with van der Waals surface area (Å²) in [6, 6.07) is 9.31. The number of nitrogen functional groups attached to an aromatic ring is 1. The lowest BCUT2D eigenvalue weighted by Crippen LogP contribution is -2.02. The second-order valence-electron chi connectivity index (χ2n) is 6.54. The Morgan fingerprint density at radius 2 is 1.41 bits per heavy atom. The van der Waals surface area contributed by atoms with Crippen molar-refractivity contribution in [2.75, 3.05) is 19.3 Å². The average Bonchev–Trinajstić information content (AvgIpc) is 3.40. The molecule has 0 aromatic heterocycles. The number of carbonyl (C=O) groups is 1. The number of hydrogen-bond donors (Lipinski definition) is 1. The zero-order chi connectivity index (χ0) is 18.1. The predicted molar refractivity (Wildman–Crippen MR) is 95.2 cm³/mol. The molecule has 3 aliphatic heterocycles. The monoisotopic (exact) mass is 363 g/mol. The van der Waals surface area contributed by atoms with E-state index in [0.717, 1.165) is 21.9 Å². The Hall–Kier alpha value is -3.61. The summed E-state index contributed by atoms with van der Waals surface area (Å²) < 4.78 is 27.2. The third-order valence-electron chi connectivity index (χ3n) is 5.16. The Balaban J connectivity index is 1.73. The van der Waals surface area contributed by atoms with E-state index in [4.69, 9.17) is 29.4 Å². The topological polar surface area (TPSA) is 89.2 Å². The van der Waals surface area contributed by atoms with Crippen LogP contribution in [0.3, 0.4) is 0 Å². The lowest BCUT2D eigenvalue weighted by Gasteiger charge is -2.15. The van der Waals surface area contributed by atoms with Crippen molar-refractivity contribution in [2.24, 2.45) is 0 Å². The first-order chi connectivity index (χ1) is 13.2. The first-order valence-electron chi connectivity index (χ1n) is 8.45. The van der Waals surface area contributed by atoms with E-state index in [0.29, 0.717) is 39.8 Å². The Kier molecular flexibility index (Phi) is 2.68. The van der Waals surface area contributed by atoms with Crippen LogP contribution in [0.1, 0.15) is 15.9 Å². The van der Waals surface area contributed by atoms with Crippen molar-refractivity contribution in [1.82, 2.24) is 0 Å². The number of esters is 1. The van der Waals surface area contributed by atoms with E-state index in [1.54, 1.807) is 0 Å². The molecule has 0 unspecified atom stereocenters. The van der Waals surface area contributed by atoms with E-state index in [-0.39, 0.29) is 26.2 Å². The lowest BCUT2D eigenvalue weighted by molar-refractivity contribution is 0.0536. The Bertz CT molecular complexity index is 1170. The summed E-state index contributed by atoms with van der Waals surface area (Å²) in [5.74, 6) is 2.18. The number of hydrogen-bond acceptors (Lipinski definition) is 7. The SMILES string of the molecule is Nc1c2c(c(-c3ccc4c(c3)OCO4)c3cc4c(cc13)OCO4)C(=O)OC2. The van der Waals surface area contributed by atoms with Crippen LogP contribution < -0.4 is 24.7 Å². The number of anilines is 1. The maximum absolute atomic E-state index is 12.5. The third-order valence-corrected chi connectivity index (χ3v) is 5.16. The van der Waals surface area contributed by atoms with Crippen molar-refractivity contribution in [2.45, 2.75) is 6.61 Å². The van der Waals surface area contributed by atoms with E-state index in [2.05, 4.69) is 0 Å². The van der Waals surface area contributed by atoms with Crippen molar-refractivity contribution < 1.29 is 28.5 Å². The highest BCUT2D eigenvalue weighted by atomic mass is 16.7. The molecule has 3 heterocycles. The molecule has 0 atom stereocenters. The molecule has 27 heavy (non-hydrogen) atoms. The average molecular weight is 363 g/mol. The fourth-order valence-corrected chi connectivity index (χ4v) is 3.89. The molecule has 6 rings (SSSR count). The van der Waals surface area contributed by atoms with Crippen LogP contribution in [0.15, 0.2) is 30.3 Å². The summed E-state index contributed by atoms with van der Waals surface area (Å²) in [5.41, 5.74) is 9.65. The molecule has 0 spiro atoms. The van der Waals surface area contributed by atoms with Gasteiger partial charge >= 0.3 is 5.97 Å². The molecule has 3 aromatic carbocycles. The summed E-state index contributed by atoms with van der Waals surface area (Å²) in [4.78, 5) is 12.5. The Morgan fingerprint density at radius 1 is 0.741 bits per heavy atom. The third kappa shape index (κ3) is 1.88. The van der Waals surface area contributed by atoms with Gasteiger partial charge in [0.2, 0.25) is 13.6 Å². The van der Waals surface area contributed by atoms with Crippen LogP contribution in [0.5, 0.6) is 23.0 Å². The molecular formula is C20H13NO6. The number of rotatable bonds is 1. The smallest absolute Gasteiger partial charge is 0.339 e. The minimum atomic E-state index is -0.385. The maximum atomic E-state index is 12.5. The van der Waals surface area contributed by atoms with Gasteiger partial charge in [-0.2, -0.15) is 0 Å². The van der Waals surface area contributed by atoms with E-state index in [1.807, 2.05) is 30.3 Å². The molecule has 2 N–H and O–H groups in total. The van der Waals surface area contributed by atoms with Gasteiger partial charge in [-0.3, -0.25) is 0 Å². The van der Waals surface area contributed by atoms with Crippen LogP contribution in [-0.4, -0.2) is 19.6 Å². The molecule has 0 saturated heterocycles. The predicted octanol–water partition coefficient (Wildman–Crippen LogP) is 3.22. The molecule has 7 nitrogen and oxygen atoms in total. The highest BCUT2D eigenvalue weighted by Gasteiger charge is 2.32. The quantitative estimate of drug-likeness (QED) is 0.524. The van der Waals surface area contributed by atoms with Gasteiger partial charge < -0.3 is 29.4 Å². The molecule has 134 valence electrons. The number of ether oxygens (including phenoxy) is 5. The van der Waals surface area contributed by atoms with Gasteiger partial charge in [0.15, 0.2) is 23.0 Å². The van der Waals surface area contributed by atoms with Crippen LogP contribution in [-0.2, 0) is 11.3 Å². The molecule has 0 radical (unpaired) electrons. The summed E-state index contributed by atoms with van der Waals surface area (Å²) in [6.07, 6.45) is 0. The van der Waals surface area contributed by atoms with Gasteiger partial charge in [-0.1, -0.05) is 6.07 Å². The molecule has 7 heteroatoms. The zero-order valence-corrected chi connectivity index (χ0v) is 14.0. The minimum absolute atomic E-state index is 0.155. The molecule has 3 aromatic rings. The second-order valence-corrected chi connectivity index (χ2v) is 6.54. The van der Waals surface area contributed by atoms with Crippen molar-refractivity contribution in [3.63, 3.8) is 0 Å². The molecule has 0 amide bonds. The fraction of sp³-hybridized carbons (Fsp3) is 0.150. The first kappa shape index (κ1) is 14.5. The normalized spacial score (nSPS) is 15.9. The van der Waals surface area contributed by atoms with Crippen LogP contribution in [0.25, 0.3) is 21.9 Å². The van der Waals surface area contributed by atoms with Gasteiger partial charge in [-0.05, 0) is 35.2 Å². The maximum Gasteiger partial charge on any atom is 0.339 e. The molecule has 0 saturated carbocycles. The van der Waals surface area contributed by atoms with Gasteiger partial charge in [0.25, 0.3) is 0 Å². The number of carbonyl (C=O) groups excluding carboxylic acids is 1. The van der Waals surface area contributed by atoms with Gasteiger partial charge in [0.1, 0.15) is 6.61 Å². The second kappa shape index (κ2) is 4.97. The molecule has 0 bridgehead atoms. The zero-order valence-electron chi connectivity index (χ0n) is 14.0. The highest BCUT2D eigenvalue weighted by molar-refractivity contribution is 6.15. The standard InChI is InChI=1S/C20H13NO6/c21-19-11-5-16-15(26-8-27-16)4-10(11)17(18-12(19)6-23-20(18)22)9-1-2-13-14(3-9)25-7-24-13/h1-5H,6-8,21H2. The number of cyclic esters (lactones) is 1. The number of benzene rings is 3. The van der Waals surface area contributed by atoms with Crippen LogP contribution in [0.4, 0.5) is 5.69 Å². The van der Waals surface area contributed by atoms with E-state index in [9.17, 15) is 4.79 Å². The van der Waals surface area contributed by atoms with Crippen molar-refractivity contribution in [3.05, 3.63) is 41.5 Å². The lowest BCUT2D eigenvalue weighted by atomic mass is 9.89. The van der Waals surface area contributed by atoms with Gasteiger partial charge in [0, 0.05) is 22.2 Å². The van der Waals surface area contributed by atoms with Crippen molar-refractivity contribution in [3.8, 4) is 34.1 Å². The highest BCUT2D eigenvalue weighted by Crippen LogP contribution is 2.48. The minimum Gasteiger partial charge on any atom is -0.457 e. The van der Waals surface area contributed by atoms with Crippen LogP contribution in [0, 0.1) is 0 Å². The fourth-order valence-electron chi connectivity index (χ4n) is 3.89. The number of nitrogens with two attached hydrogens (primary N) is 1. The van der Waals surface area contributed by atoms with E-state index >= 15 is 0 Å². The van der Waals surface area contributed by atoms with Gasteiger partial charge in [-0.25, -0.2) is 4.79 Å². The summed E-state index contributed by atoms with van der Waals surface area (Å²) >= 11 is 0. The largest absolute Gasteiger partial charge is 0.457 e. The van der Waals surface area contributed by atoms with Crippen molar-refractivity contribution >= 4 is 22.4 Å². The Morgan fingerprint density at radius 3 is 2.19 bits per heavy atom. The first-order valence-corrected chi connectivity index (χ1v) is 8.45. The van der Waals surface area contributed by atoms with E-state index in [1.165, 1.54) is 0 Å². The van der Waals surface area contributed by atoms with E-state index < -0.39 is 0 Å². The van der Waals surface area contributed by atoms with Crippen molar-refractivity contribution in [1.29, 1.82) is 0 Å². The summed E-state index contributed by atoms with van der Waals surface area (Å²) in [6.45, 7) is 0.495. The molecular weight excluding hydrogens is 350 g/mol. The summed E-state index contributed by atoms with van der Waals surface area (Å²) in [7, 11) is 0.